The van der Waals surface area contributed by atoms with Crippen molar-refractivity contribution in [2.75, 3.05) is 45.8 Å². The summed E-state index contributed by atoms with van der Waals surface area (Å²) in [5, 5.41) is 12.1. The van der Waals surface area contributed by atoms with Crippen LogP contribution in [0.5, 0.6) is 0 Å². The molecule has 1 rings (SSSR count). The molecule has 1 fully saturated rings. The number of carbonyl (C=O) groups is 2. The van der Waals surface area contributed by atoms with Gasteiger partial charge in [0, 0.05) is 39.3 Å². The number of nitrogens with zero attached hydrogens (tertiary/aromatic N) is 4. The first-order valence-electron chi connectivity index (χ1n) is 8.75. The molecule has 7 heteroatoms. The van der Waals surface area contributed by atoms with Gasteiger partial charge in [0.1, 0.15) is 5.54 Å². The van der Waals surface area contributed by atoms with Gasteiger partial charge in [-0.3, -0.25) is 9.69 Å². The number of urea groups is 1. The van der Waals surface area contributed by atoms with Gasteiger partial charge in [0.2, 0.25) is 5.91 Å². The topological polar surface area (TPSA) is 79.7 Å². The van der Waals surface area contributed by atoms with E-state index < -0.39 is 5.54 Å². The second kappa shape index (κ2) is 8.88. The van der Waals surface area contributed by atoms with Crippen molar-refractivity contribution >= 4 is 11.9 Å². The van der Waals surface area contributed by atoms with Gasteiger partial charge in [0.05, 0.1) is 12.6 Å². The molecule has 136 valence electrons. The smallest absolute Gasteiger partial charge is 0.320 e. The number of hydrogen-bond donors (Lipinski definition) is 1. The Balaban J connectivity index is 2.48. The zero-order valence-electron chi connectivity index (χ0n) is 15.6. The van der Waals surface area contributed by atoms with Crippen LogP contribution in [0.15, 0.2) is 0 Å². The van der Waals surface area contributed by atoms with Gasteiger partial charge in [0.15, 0.2) is 0 Å². The van der Waals surface area contributed by atoms with E-state index >= 15 is 0 Å². The number of nitriles is 1. The summed E-state index contributed by atoms with van der Waals surface area (Å²) >= 11 is 0. The van der Waals surface area contributed by atoms with Crippen molar-refractivity contribution in [3.05, 3.63) is 0 Å². The Morgan fingerprint density at radius 1 is 1.21 bits per heavy atom. The Morgan fingerprint density at radius 3 is 2.17 bits per heavy atom. The highest BCUT2D eigenvalue weighted by Crippen LogP contribution is 2.15. The molecule has 0 aromatic heterocycles. The highest BCUT2D eigenvalue weighted by atomic mass is 16.2. The maximum atomic E-state index is 12.3. The maximum absolute atomic E-state index is 12.3. The Bertz CT molecular complexity index is 476. The summed E-state index contributed by atoms with van der Waals surface area (Å²) in [7, 11) is 0. The lowest BCUT2D eigenvalue weighted by Gasteiger charge is -2.37. The number of piperazine rings is 1. The molecule has 0 aromatic carbocycles. The van der Waals surface area contributed by atoms with E-state index in [2.05, 4.69) is 11.4 Å². The summed E-state index contributed by atoms with van der Waals surface area (Å²) in [5.74, 6) is -0.105. The van der Waals surface area contributed by atoms with Gasteiger partial charge in [-0.25, -0.2) is 4.79 Å². The van der Waals surface area contributed by atoms with Crippen LogP contribution in [0.4, 0.5) is 4.79 Å². The molecule has 1 aliphatic heterocycles. The van der Waals surface area contributed by atoms with Gasteiger partial charge in [-0.05, 0) is 26.7 Å². The third-order valence-electron chi connectivity index (χ3n) is 4.83. The molecule has 0 bridgehead atoms. The zero-order chi connectivity index (χ0) is 18.3. The number of carbonyl (C=O) groups excluding carboxylic acids is 2. The Labute approximate surface area is 145 Å². The van der Waals surface area contributed by atoms with Crippen LogP contribution in [0.1, 0.15) is 34.6 Å². The normalized spacial score (nSPS) is 18.0. The average molecular weight is 337 g/mol. The lowest BCUT2D eigenvalue weighted by molar-refractivity contribution is -0.124. The SMILES string of the molecule is CCN(CC)C(=O)N1CCN(CC(=O)NC(C)(C#N)C(C)C)CC1. The fourth-order valence-corrected chi connectivity index (χ4v) is 2.63. The van der Waals surface area contributed by atoms with E-state index in [1.165, 1.54) is 0 Å². The van der Waals surface area contributed by atoms with Crippen LogP contribution < -0.4 is 5.32 Å². The van der Waals surface area contributed by atoms with Crippen molar-refractivity contribution in [2.24, 2.45) is 5.92 Å². The molecule has 24 heavy (non-hydrogen) atoms. The molecule has 1 heterocycles. The van der Waals surface area contributed by atoms with Crippen LogP contribution in [-0.2, 0) is 4.79 Å². The molecule has 1 aliphatic rings. The zero-order valence-corrected chi connectivity index (χ0v) is 15.6. The monoisotopic (exact) mass is 337 g/mol. The summed E-state index contributed by atoms with van der Waals surface area (Å²) in [4.78, 5) is 30.2. The minimum atomic E-state index is -0.850. The van der Waals surface area contributed by atoms with Crippen LogP contribution in [-0.4, -0.2) is 78.0 Å². The van der Waals surface area contributed by atoms with Crippen molar-refractivity contribution in [1.29, 1.82) is 5.26 Å². The molecule has 1 unspecified atom stereocenters. The fraction of sp³-hybridized carbons (Fsp3) is 0.824. The molecule has 0 aliphatic carbocycles. The van der Waals surface area contributed by atoms with E-state index in [9.17, 15) is 14.9 Å². The van der Waals surface area contributed by atoms with E-state index in [1.807, 2.05) is 42.4 Å². The Kier molecular flexibility index (Phi) is 7.49. The predicted octanol–water partition coefficient (Wildman–Crippen LogP) is 1.12. The molecule has 3 amide bonds. The molecule has 7 nitrogen and oxygen atoms in total. The van der Waals surface area contributed by atoms with Gasteiger partial charge in [-0.2, -0.15) is 5.26 Å². The maximum Gasteiger partial charge on any atom is 0.320 e. The first kappa shape index (κ1) is 20.2. The van der Waals surface area contributed by atoms with Crippen LogP contribution in [0.2, 0.25) is 0 Å². The highest BCUT2D eigenvalue weighted by Gasteiger charge is 2.31. The lowest BCUT2D eigenvalue weighted by Crippen LogP contribution is -2.56. The summed E-state index contributed by atoms with van der Waals surface area (Å²) in [6.07, 6.45) is 0. The van der Waals surface area contributed by atoms with Crippen LogP contribution in [0.3, 0.4) is 0 Å². The van der Waals surface area contributed by atoms with Crippen LogP contribution in [0, 0.1) is 17.2 Å². The van der Waals surface area contributed by atoms with E-state index in [4.69, 9.17) is 0 Å². The van der Waals surface area contributed by atoms with Gasteiger partial charge >= 0.3 is 6.03 Å². The van der Waals surface area contributed by atoms with Gasteiger partial charge < -0.3 is 15.1 Å². The quantitative estimate of drug-likeness (QED) is 0.788. The summed E-state index contributed by atoms with van der Waals surface area (Å²) in [6.45, 7) is 13.8. The van der Waals surface area contributed by atoms with Gasteiger partial charge in [-0.1, -0.05) is 13.8 Å². The molecular weight excluding hydrogens is 306 g/mol. The van der Waals surface area contributed by atoms with Crippen molar-refractivity contribution < 1.29 is 9.59 Å². The van der Waals surface area contributed by atoms with Crippen molar-refractivity contribution in [3.63, 3.8) is 0 Å². The average Bonchev–Trinajstić information content (AvgIpc) is 2.56. The van der Waals surface area contributed by atoms with Crippen molar-refractivity contribution in [2.45, 2.75) is 40.2 Å². The molecule has 1 N–H and O–H groups in total. The number of rotatable bonds is 6. The van der Waals surface area contributed by atoms with Crippen LogP contribution >= 0.6 is 0 Å². The van der Waals surface area contributed by atoms with Crippen LogP contribution in [0.25, 0.3) is 0 Å². The first-order valence-corrected chi connectivity index (χ1v) is 8.75. The number of nitrogens with one attached hydrogen (secondary N) is 1. The first-order chi connectivity index (χ1) is 11.3. The molecule has 0 spiro atoms. The fourth-order valence-electron chi connectivity index (χ4n) is 2.63. The molecule has 0 aromatic rings. The largest absolute Gasteiger partial charge is 0.337 e. The third kappa shape index (κ3) is 5.10. The summed E-state index contributed by atoms with van der Waals surface area (Å²) in [6, 6.07) is 2.25. The number of hydrogen-bond acceptors (Lipinski definition) is 4. The minimum absolute atomic E-state index is 0.0370. The highest BCUT2D eigenvalue weighted by molar-refractivity contribution is 5.79. The van der Waals surface area contributed by atoms with E-state index in [0.717, 1.165) is 0 Å². The lowest BCUT2D eigenvalue weighted by atomic mass is 9.90. The van der Waals surface area contributed by atoms with Gasteiger partial charge in [-0.15, -0.1) is 0 Å². The third-order valence-corrected chi connectivity index (χ3v) is 4.83. The predicted molar refractivity (Wildman–Crippen MR) is 93.3 cm³/mol. The molecule has 1 atom stereocenters. The van der Waals surface area contributed by atoms with Crippen molar-refractivity contribution in [3.8, 4) is 6.07 Å². The van der Waals surface area contributed by atoms with E-state index in [1.54, 1.807) is 6.92 Å². The van der Waals surface area contributed by atoms with E-state index in [-0.39, 0.29) is 24.4 Å². The Morgan fingerprint density at radius 2 is 1.75 bits per heavy atom. The summed E-state index contributed by atoms with van der Waals surface area (Å²) in [5.41, 5.74) is -0.850. The molecule has 0 saturated carbocycles. The van der Waals surface area contributed by atoms with Crippen molar-refractivity contribution in [1.82, 2.24) is 20.0 Å². The second-order valence-electron chi connectivity index (χ2n) is 6.74. The molecule has 0 radical (unpaired) electrons. The van der Waals surface area contributed by atoms with E-state index in [0.29, 0.717) is 39.3 Å². The standard InChI is InChI=1S/C17H31N5O2/c1-6-21(7-2)16(24)22-10-8-20(9-11-22)12-15(23)19-17(5,13-18)14(3)4/h14H,6-12H2,1-5H3,(H,19,23). The molecular formula is C17H31N5O2. The summed E-state index contributed by atoms with van der Waals surface area (Å²) < 4.78 is 0. The number of amides is 3. The second-order valence-corrected chi connectivity index (χ2v) is 6.74. The Hall–Kier alpha value is -1.81. The minimum Gasteiger partial charge on any atom is -0.337 e. The van der Waals surface area contributed by atoms with Gasteiger partial charge in [0.25, 0.3) is 0 Å². The molecule has 1 saturated heterocycles.